The average molecular weight is 228 g/mol. The van der Waals surface area contributed by atoms with Crippen LogP contribution in [0.25, 0.3) is 0 Å². The topological polar surface area (TPSA) is 0 Å². The Bertz CT molecular complexity index is 128. The minimum Gasteiger partial charge on any atom is -0.104 e. The summed E-state index contributed by atoms with van der Waals surface area (Å²) in [4.78, 5) is 0. The molecule has 1 fully saturated rings. The lowest BCUT2D eigenvalue weighted by molar-refractivity contribution is 0.626. The molecule has 2 unspecified atom stereocenters. The van der Waals surface area contributed by atoms with Crippen LogP contribution in [-0.4, -0.2) is 18.0 Å². The van der Waals surface area contributed by atoms with Gasteiger partial charge in [0.05, 0.1) is 0 Å². The van der Waals surface area contributed by atoms with Crippen molar-refractivity contribution < 1.29 is 0 Å². The first-order valence-electron chi connectivity index (χ1n) is 7.12. The first-order valence-corrected chi connectivity index (χ1v) is 8.90. The maximum Gasteiger partial charge on any atom is -0.0209 e. The Morgan fingerprint density at radius 1 is 1.00 bits per heavy atom. The van der Waals surface area contributed by atoms with Gasteiger partial charge in [0.2, 0.25) is 0 Å². The third-order valence-electron chi connectivity index (χ3n) is 3.69. The zero-order valence-corrected chi connectivity index (χ0v) is 11.7. The van der Waals surface area contributed by atoms with Gasteiger partial charge in [-0.15, -0.1) is 7.92 Å². The number of hydrogen-bond acceptors (Lipinski definition) is 0. The Morgan fingerprint density at radius 2 is 1.73 bits per heavy atom. The van der Waals surface area contributed by atoms with Gasteiger partial charge in [-0.05, 0) is 43.7 Å². The fourth-order valence-corrected chi connectivity index (χ4v) is 5.98. The van der Waals surface area contributed by atoms with Crippen molar-refractivity contribution in [3.05, 3.63) is 0 Å². The summed E-state index contributed by atoms with van der Waals surface area (Å²) in [6, 6.07) is 0. The molecule has 1 aliphatic rings. The zero-order chi connectivity index (χ0) is 10.9. The van der Waals surface area contributed by atoms with Gasteiger partial charge in [0, 0.05) is 0 Å². The smallest absolute Gasteiger partial charge is 0.0209 e. The zero-order valence-electron chi connectivity index (χ0n) is 10.8. The van der Waals surface area contributed by atoms with Gasteiger partial charge < -0.3 is 0 Å². The molecule has 0 nitrogen and oxygen atoms in total. The quantitative estimate of drug-likeness (QED) is 0.385. The van der Waals surface area contributed by atoms with E-state index in [2.05, 4.69) is 13.8 Å². The molecule has 1 heteroatoms. The van der Waals surface area contributed by atoms with Gasteiger partial charge in [0.25, 0.3) is 0 Å². The minimum absolute atomic E-state index is 0.463. The van der Waals surface area contributed by atoms with E-state index in [1.165, 1.54) is 44.2 Å². The highest BCUT2D eigenvalue weighted by molar-refractivity contribution is 7.58. The average Bonchev–Trinajstić information content (AvgIpc) is 2.67. The highest BCUT2D eigenvalue weighted by atomic mass is 31.1. The summed E-state index contributed by atoms with van der Waals surface area (Å²) in [5, 5.41) is 0. The molecule has 2 atom stereocenters. The van der Waals surface area contributed by atoms with Crippen LogP contribution in [0.5, 0.6) is 0 Å². The maximum atomic E-state index is 2.32. The van der Waals surface area contributed by atoms with E-state index < -0.39 is 0 Å². The Balaban J connectivity index is 2.11. The number of rotatable bonds is 8. The molecule has 0 saturated carbocycles. The highest BCUT2D eigenvalue weighted by Crippen LogP contribution is 2.52. The summed E-state index contributed by atoms with van der Waals surface area (Å²) in [5.74, 6) is 0. The number of unbranched alkanes of at least 4 members (excludes halogenated alkanes) is 4. The maximum absolute atomic E-state index is 2.32. The van der Waals surface area contributed by atoms with Crippen LogP contribution >= 0.6 is 7.92 Å². The first-order chi connectivity index (χ1) is 7.38. The lowest BCUT2D eigenvalue weighted by Crippen LogP contribution is -2.02. The van der Waals surface area contributed by atoms with Crippen LogP contribution in [-0.2, 0) is 0 Å². The standard InChI is InChI=1S/C14H29P/c1-3-5-7-10-14-11-9-13-15(14)12-8-6-4-2/h14H,3-13H2,1-2H3. The van der Waals surface area contributed by atoms with Crippen LogP contribution in [0.1, 0.15) is 71.6 Å². The molecule has 0 aromatic carbocycles. The van der Waals surface area contributed by atoms with Crippen molar-refractivity contribution in [3.63, 3.8) is 0 Å². The fourth-order valence-electron chi connectivity index (χ4n) is 2.71. The molecule has 1 aliphatic heterocycles. The van der Waals surface area contributed by atoms with Gasteiger partial charge in [-0.1, -0.05) is 46.0 Å². The van der Waals surface area contributed by atoms with E-state index in [0.29, 0.717) is 7.92 Å². The molecule has 15 heavy (non-hydrogen) atoms. The molecule has 1 saturated heterocycles. The van der Waals surface area contributed by atoms with Crippen molar-refractivity contribution in [3.8, 4) is 0 Å². The molecule has 0 spiro atoms. The van der Waals surface area contributed by atoms with Gasteiger partial charge in [-0.2, -0.15) is 0 Å². The molecule has 0 radical (unpaired) electrons. The van der Waals surface area contributed by atoms with Gasteiger partial charge in [0.15, 0.2) is 0 Å². The largest absolute Gasteiger partial charge is 0.104 e. The lowest BCUT2D eigenvalue weighted by atomic mass is 10.1. The fraction of sp³-hybridized carbons (Fsp3) is 1.00. The second-order valence-electron chi connectivity index (χ2n) is 5.03. The van der Waals surface area contributed by atoms with Crippen molar-refractivity contribution in [1.29, 1.82) is 0 Å². The van der Waals surface area contributed by atoms with Crippen LogP contribution in [0.15, 0.2) is 0 Å². The van der Waals surface area contributed by atoms with Crippen molar-refractivity contribution in [1.82, 2.24) is 0 Å². The first kappa shape index (κ1) is 13.5. The molecular formula is C14H29P. The Labute approximate surface area is 98.0 Å². The Kier molecular flexibility index (Phi) is 7.71. The van der Waals surface area contributed by atoms with E-state index >= 15 is 0 Å². The second-order valence-corrected chi connectivity index (χ2v) is 7.84. The molecule has 0 aromatic heterocycles. The van der Waals surface area contributed by atoms with Crippen LogP contribution in [0.3, 0.4) is 0 Å². The Hall–Kier alpha value is 0.430. The van der Waals surface area contributed by atoms with E-state index in [4.69, 9.17) is 0 Å². The van der Waals surface area contributed by atoms with Crippen LogP contribution in [0.2, 0.25) is 0 Å². The summed E-state index contributed by atoms with van der Waals surface area (Å²) in [5.41, 5.74) is 1.17. The van der Waals surface area contributed by atoms with E-state index in [9.17, 15) is 0 Å². The van der Waals surface area contributed by atoms with E-state index in [0.717, 1.165) is 0 Å². The van der Waals surface area contributed by atoms with Crippen LogP contribution < -0.4 is 0 Å². The third kappa shape index (κ3) is 5.34. The van der Waals surface area contributed by atoms with Crippen molar-refractivity contribution in [2.24, 2.45) is 0 Å². The SMILES string of the molecule is CCCCCC1CCCP1CCCCC. The monoisotopic (exact) mass is 228 g/mol. The summed E-state index contributed by atoms with van der Waals surface area (Å²) in [7, 11) is 0.463. The van der Waals surface area contributed by atoms with Crippen molar-refractivity contribution >= 4 is 7.92 Å². The van der Waals surface area contributed by atoms with Crippen LogP contribution in [0, 0.1) is 0 Å². The van der Waals surface area contributed by atoms with Gasteiger partial charge in [0.1, 0.15) is 0 Å². The normalized spacial score (nSPS) is 26.0. The van der Waals surface area contributed by atoms with Gasteiger partial charge in [-0.3, -0.25) is 0 Å². The molecule has 0 bridgehead atoms. The van der Waals surface area contributed by atoms with Gasteiger partial charge >= 0.3 is 0 Å². The molecule has 1 rings (SSSR count). The summed E-state index contributed by atoms with van der Waals surface area (Å²) in [6.45, 7) is 4.64. The molecular weight excluding hydrogens is 199 g/mol. The molecule has 0 N–H and O–H groups in total. The molecule has 1 heterocycles. The highest BCUT2D eigenvalue weighted by Gasteiger charge is 2.25. The molecule has 0 aliphatic carbocycles. The number of hydrogen-bond donors (Lipinski definition) is 0. The molecule has 0 amide bonds. The van der Waals surface area contributed by atoms with Crippen molar-refractivity contribution in [2.75, 3.05) is 12.3 Å². The van der Waals surface area contributed by atoms with E-state index in [1.54, 1.807) is 31.6 Å². The van der Waals surface area contributed by atoms with Crippen molar-refractivity contribution in [2.45, 2.75) is 77.3 Å². The molecule has 0 aromatic rings. The summed E-state index contributed by atoms with van der Waals surface area (Å²) in [6.07, 6.45) is 16.6. The molecule has 90 valence electrons. The second kappa shape index (κ2) is 8.57. The predicted octanol–water partition coefficient (Wildman–Crippen LogP) is 5.40. The van der Waals surface area contributed by atoms with Crippen LogP contribution in [0.4, 0.5) is 0 Å². The predicted molar refractivity (Wildman–Crippen MR) is 73.3 cm³/mol. The lowest BCUT2D eigenvalue weighted by Gasteiger charge is -2.20. The van der Waals surface area contributed by atoms with Gasteiger partial charge in [-0.25, -0.2) is 0 Å². The summed E-state index contributed by atoms with van der Waals surface area (Å²) < 4.78 is 0. The van der Waals surface area contributed by atoms with E-state index in [-0.39, 0.29) is 0 Å². The summed E-state index contributed by atoms with van der Waals surface area (Å²) >= 11 is 0. The van der Waals surface area contributed by atoms with E-state index in [1.807, 2.05) is 0 Å². The Morgan fingerprint density at radius 3 is 2.47 bits per heavy atom. The third-order valence-corrected chi connectivity index (χ3v) is 7.02. The minimum atomic E-state index is 0.463.